The first-order chi connectivity index (χ1) is 19.2. The number of anilines is 2. The van der Waals surface area contributed by atoms with E-state index in [1.807, 2.05) is 28.3 Å². The van der Waals surface area contributed by atoms with Crippen LogP contribution < -0.4 is 9.80 Å². The summed E-state index contributed by atoms with van der Waals surface area (Å²) in [5, 5.41) is 9.83. The first-order valence-electron chi connectivity index (χ1n) is 13.8. The fourth-order valence-electron chi connectivity index (χ4n) is 6.93. The van der Waals surface area contributed by atoms with Crippen molar-refractivity contribution in [1.29, 1.82) is 5.26 Å². The van der Waals surface area contributed by atoms with Crippen molar-refractivity contribution in [3.05, 3.63) is 46.1 Å². The van der Waals surface area contributed by atoms with Crippen molar-refractivity contribution in [2.24, 2.45) is 5.92 Å². The van der Waals surface area contributed by atoms with Crippen LogP contribution in [0.5, 0.6) is 0 Å². The number of aryl methyl sites for hydroxylation is 1. The number of pyridine rings is 1. The summed E-state index contributed by atoms with van der Waals surface area (Å²) in [4.78, 5) is 29.6. The van der Waals surface area contributed by atoms with Crippen LogP contribution in [0, 0.1) is 24.2 Å². The number of amides is 1. The Morgan fingerprint density at radius 3 is 2.50 bits per heavy atom. The van der Waals surface area contributed by atoms with Gasteiger partial charge in [0.05, 0.1) is 16.9 Å². The molecule has 4 saturated heterocycles. The maximum atomic E-state index is 14.2. The molecule has 8 nitrogen and oxygen atoms in total. The van der Waals surface area contributed by atoms with Crippen molar-refractivity contribution < 1.29 is 18.0 Å². The Bertz CT molecular complexity index is 1340. The lowest BCUT2D eigenvalue weighted by molar-refractivity contribution is -0.141. The molecule has 3 atom stereocenters. The Morgan fingerprint density at radius 2 is 1.93 bits per heavy atom. The van der Waals surface area contributed by atoms with Gasteiger partial charge in [-0.25, -0.2) is 9.97 Å². The summed E-state index contributed by atoms with van der Waals surface area (Å²) < 4.78 is 42.7. The zero-order valence-corrected chi connectivity index (χ0v) is 23.2. The molecule has 212 valence electrons. The number of aromatic nitrogens is 2. The number of rotatable bonds is 5. The second-order valence-electron chi connectivity index (χ2n) is 11.2. The van der Waals surface area contributed by atoms with Gasteiger partial charge >= 0.3 is 6.18 Å². The first kappa shape index (κ1) is 27.0. The van der Waals surface area contributed by atoms with Gasteiger partial charge in [-0.1, -0.05) is 6.58 Å². The molecule has 12 heteroatoms. The molecule has 4 aliphatic heterocycles. The number of hydrogen-bond acceptors (Lipinski definition) is 8. The smallest absolute Gasteiger partial charge is 0.367 e. The number of carbonyl (C=O) groups excluding carboxylic acids is 1. The summed E-state index contributed by atoms with van der Waals surface area (Å²) >= 11 is 1.67. The van der Waals surface area contributed by atoms with E-state index in [4.69, 9.17) is 0 Å². The van der Waals surface area contributed by atoms with E-state index in [9.17, 15) is 23.2 Å². The van der Waals surface area contributed by atoms with E-state index in [0.717, 1.165) is 25.0 Å². The number of nitriles is 1. The molecule has 1 aliphatic carbocycles. The lowest BCUT2D eigenvalue weighted by atomic mass is 9.71. The number of thiazole rings is 1. The summed E-state index contributed by atoms with van der Waals surface area (Å²) in [5.41, 5.74) is 1.73. The van der Waals surface area contributed by atoms with Crippen LogP contribution in [0.25, 0.3) is 0 Å². The van der Waals surface area contributed by atoms with Crippen LogP contribution in [-0.4, -0.2) is 83.6 Å². The minimum atomic E-state index is -4.73. The van der Waals surface area contributed by atoms with Gasteiger partial charge in [-0.3, -0.25) is 9.69 Å². The average Bonchev–Trinajstić information content (AvgIpc) is 3.37. The SMILES string of the molecule is C=CC(=O)N1CCN(C2CN(c3cc(N4C[C@@H]5CC[C@H]4C[C@H]5c4scnc4C)nc(C(F)(F)F)c3C#N)C2)CC1. The van der Waals surface area contributed by atoms with Crippen LogP contribution in [0.2, 0.25) is 0 Å². The molecule has 1 amide bonds. The van der Waals surface area contributed by atoms with Crippen LogP contribution in [0.4, 0.5) is 24.7 Å². The largest absolute Gasteiger partial charge is 0.434 e. The van der Waals surface area contributed by atoms with Crippen LogP contribution in [0.3, 0.4) is 0 Å². The highest BCUT2D eigenvalue weighted by Gasteiger charge is 2.45. The molecule has 0 spiro atoms. The Kier molecular flexibility index (Phi) is 6.99. The zero-order valence-electron chi connectivity index (χ0n) is 22.4. The van der Waals surface area contributed by atoms with E-state index in [1.165, 1.54) is 11.0 Å². The van der Waals surface area contributed by atoms with E-state index in [1.54, 1.807) is 22.3 Å². The average molecular weight is 572 g/mol. The molecule has 0 N–H and O–H groups in total. The van der Waals surface area contributed by atoms with Crippen LogP contribution in [0.15, 0.2) is 24.2 Å². The molecule has 0 aromatic carbocycles. The van der Waals surface area contributed by atoms with Crippen molar-refractivity contribution in [2.45, 2.75) is 50.4 Å². The highest BCUT2D eigenvalue weighted by atomic mass is 32.1. The molecule has 0 unspecified atom stereocenters. The molecule has 40 heavy (non-hydrogen) atoms. The highest BCUT2D eigenvalue weighted by Crippen LogP contribution is 2.49. The van der Waals surface area contributed by atoms with Gasteiger partial charge < -0.3 is 14.7 Å². The Balaban J connectivity index is 1.23. The molecule has 2 aromatic rings. The van der Waals surface area contributed by atoms with Crippen LogP contribution >= 0.6 is 11.3 Å². The highest BCUT2D eigenvalue weighted by molar-refractivity contribution is 7.09. The number of piperazine rings is 1. The van der Waals surface area contributed by atoms with Gasteiger partial charge in [-0.2, -0.15) is 18.4 Å². The van der Waals surface area contributed by atoms with E-state index in [2.05, 4.69) is 21.4 Å². The summed E-state index contributed by atoms with van der Waals surface area (Å²) in [5.74, 6) is 0.938. The Morgan fingerprint density at radius 1 is 1.18 bits per heavy atom. The van der Waals surface area contributed by atoms with E-state index in [-0.39, 0.29) is 18.0 Å². The first-order valence-corrected chi connectivity index (χ1v) is 14.6. The lowest BCUT2D eigenvalue weighted by Gasteiger charge is -2.51. The molecular weight excluding hydrogens is 539 g/mol. The van der Waals surface area contributed by atoms with Gasteiger partial charge in [0.25, 0.3) is 0 Å². The number of hydrogen-bond donors (Lipinski definition) is 0. The molecule has 1 saturated carbocycles. The van der Waals surface area contributed by atoms with Crippen LogP contribution in [0.1, 0.15) is 47.0 Å². The molecule has 6 heterocycles. The number of piperidine rings is 2. The van der Waals surface area contributed by atoms with Crippen molar-refractivity contribution in [2.75, 3.05) is 55.6 Å². The normalized spacial score (nSPS) is 25.6. The number of fused-ring (bicyclic) bond motifs is 3. The van der Waals surface area contributed by atoms with Crippen molar-refractivity contribution >= 4 is 28.7 Å². The molecule has 7 rings (SSSR count). The maximum absolute atomic E-state index is 14.2. The van der Waals surface area contributed by atoms with Gasteiger partial charge in [0.1, 0.15) is 17.5 Å². The van der Waals surface area contributed by atoms with Gasteiger partial charge in [-0.05, 0) is 38.2 Å². The number of alkyl halides is 3. The predicted octanol–water partition coefficient (Wildman–Crippen LogP) is 4.03. The number of halogens is 3. The van der Waals surface area contributed by atoms with Gasteiger partial charge in [-0.15, -0.1) is 11.3 Å². The maximum Gasteiger partial charge on any atom is 0.434 e. The molecular formula is C28H32F3N7OS. The fourth-order valence-corrected chi connectivity index (χ4v) is 7.94. The van der Waals surface area contributed by atoms with Gasteiger partial charge in [0.15, 0.2) is 5.69 Å². The lowest BCUT2D eigenvalue weighted by Crippen LogP contribution is -2.63. The van der Waals surface area contributed by atoms with E-state index >= 15 is 0 Å². The molecule has 0 radical (unpaired) electrons. The third-order valence-electron chi connectivity index (χ3n) is 9.14. The Hall–Kier alpha value is -3.17. The summed E-state index contributed by atoms with van der Waals surface area (Å²) in [6.07, 6.45) is -0.580. The second kappa shape index (κ2) is 10.3. The molecule has 5 aliphatic rings. The monoisotopic (exact) mass is 571 g/mol. The van der Waals surface area contributed by atoms with Gasteiger partial charge in [0.2, 0.25) is 5.91 Å². The van der Waals surface area contributed by atoms with Crippen molar-refractivity contribution in [3.63, 3.8) is 0 Å². The number of carbonyl (C=O) groups is 1. The third kappa shape index (κ3) is 4.73. The fraction of sp³-hybridized carbons (Fsp3) is 0.571. The molecule has 5 fully saturated rings. The molecule has 2 bridgehead atoms. The Labute approximate surface area is 235 Å². The third-order valence-corrected chi connectivity index (χ3v) is 10.2. The van der Waals surface area contributed by atoms with Gasteiger partial charge in [0, 0.05) is 74.8 Å². The standard InChI is InChI=1S/C28H32F3N7OS/c1-3-25(39)36-8-6-35(7-9-36)20-14-37(15-20)23-11-24(34-27(22(23)12-32)28(29,30)31)38-13-18-4-5-19(38)10-21(18)26-17(2)33-16-40-26/h3,11,16,18-21H,1,4-10,13-15H2,2H3/t18-,19-,21+/m0/s1. The van der Waals surface area contributed by atoms with Crippen molar-refractivity contribution in [3.8, 4) is 6.07 Å². The minimum absolute atomic E-state index is 0.0857. The minimum Gasteiger partial charge on any atom is -0.367 e. The zero-order chi connectivity index (χ0) is 28.2. The molecule has 2 aromatic heterocycles. The predicted molar refractivity (Wildman–Crippen MR) is 146 cm³/mol. The van der Waals surface area contributed by atoms with E-state index < -0.39 is 17.4 Å². The second-order valence-corrected chi connectivity index (χ2v) is 12.1. The van der Waals surface area contributed by atoms with Crippen LogP contribution in [-0.2, 0) is 11.0 Å². The van der Waals surface area contributed by atoms with E-state index in [0.29, 0.717) is 69.2 Å². The summed E-state index contributed by atoms with van der Waals surface area (Å²) in [6.45, 7) is 9.89. The quantitative estimate of drug-likeness (QED) is 0.502. The summed E-state index contributed by atoms with van der Waals surface area (Å²) in [6, 6.07) is 3.79. The van der Waals surface area contributed by atoms with Crippen molar-refractivity contribution in [1.82, 2.24) is 19.8 Å². The number of nitrogens with zero attached hydrogens (tertiary/aromatic N) is 7. The topological polar surface area (TPSA) is 79.6 Å². The summed E-state index contributed by atoms with van der Waals surface area (Å²) in [7, 11) is 0.